The second-order valence-electron chi connectivity index (χ2n) is 4.52. The molecule has 1 unspecified atom stereocenters. The summed E-state index contributed by atoms with van der Waals surface area (Å²) in [5.74, 6) is -4.38. The molecule has 0 amide bonds. The smallest absolute Gasteiger partial charge is 0.481 e. The van der Waals surface area contributed by atoms with Crippen LogP contribution in [0.25, 0.3) is 0 Å². The van der Waals surface area contributed by atoms with Crippen LogP contribution in [0.1, 0.15) is 24.4 Å². The zero-order chi connectivity index (χ0) is 16.9. The van der Waals surface area contributed by atoms with E-state index in [1.807, 2.05) is 0 Å². The minimum atomic E-state index is -4.52. The summed E-state index contributed by atoms with van der Waals surface area (Å²) in [6.07, 6.45) is -1.55. The minimum absolute atomic E-state index is 0.0356. The Kier molecular flexibility index (Phi) is 6.10. The van der Waals surface area contributed by atoms with Crippen LogP contribution in [0.4, 0.5) is 0 Å². The van der Waals surface area contributed by atoms with Gasteiger partial charge in [-0.2, -0.15) is 0 Å². The second-order valence-corrected chi connectivity index (χ2v) is 6.21. The van der Waals surface area contributed by atoms with Crippen LogP contribution in [-0.2, 0) is 25.5 Å². The molecule has 0 fully saturated rings. The maximum absolute atomic E-state index is 11.8. The van der Waals surface area contributed by atoms with E-state index in [0.29, 0.717) is 0 Å². The van der Waals surface area contributed by atoms with Crippen LogP contribution in [0.3, 0.4) is 0 Å². The van der Waals surface area contributed by atoms with Gasteiger partial charge in [0, 0.05) is 6.42 Å². The molecule has 0 radical (unpaired) electrons. The van der Waals surface area contributed by atoms with E-state index in [9.17, 15) is 18.9 Å². The van der Waals surface area contributed by atoms with Crippen molar-refractivity contribution in [1.82, 2.24) is 0 Å². The molecule has 22 heavy (non-hydrogen) atoms. The number of aryl methyl sites for hydroxylation is 1. The third-order valence-electron chi connectivity index (χ3n) is 2.68. The Hall–Kier alpha value is -1.90. The Labute approximate surface area is 123 Å². The van der Waals surface area contributed by atoms with Crippen molar-refractivity contribution in [2.45, 2.75) is 26.4 Å². The molecule has 11 heteroatoms. The monoisotopic (exact) mass is 338 g/mol. The van der Waals surface area contributed by atoms with Gasteiger partial charge in [0.1, 0.15) is 0 Å². The molecule has 0 saturated heterocycles. The van der Waals surface area contributed by atoms with Crippen LogP contribution in [0.5, 0.6) is 0 Å². The summed E-state index contributed by atoms with van der Waals surface area (Å²) in [6, 6.07) is 0. The van der Waals surface area contributed by atoms with E-state index in [0.717, 1.165) is 0 Å². The lowest BCUT2D eigenvalue weighted by atomic mass is 10.1. The van der Waals surface area contributed by atoms with E-state index in [2.05, 4.69) is 8.83 Å². The second kappa shape index (κ2) is 7.39. The highest BCUT2D eigenvalue weighted by Crippen LogP contribution is 2.38. The van der Waals surface area contributed by atoms with Crippen LogP contribution < -0.4 is 5.82 Å². The zero-order valence-electron chi connectivity index (χ0n) is 11.6. The molecule has 3 N–H and O–H groups in total. The largest absolute Gasteiger partial charge is 0.519 e. The number of ether oxygens (including phenoxy) is 1. The van der Waals surface area contributed by atoms with Gasteiger partial charge >= 0.3 is 25.4 Å². The van der Waals surface area contributed by atoms with Gasteiger partial charge in [-0.05, 0) is 13.3 Å². The first-order valence-corrected chi connectivity index (χ1v) is 7.90. The van der Waals surface area contributed by atoms with Gasteiger partial charge in [-0.3, -0.25) is 14.2 Å². The summed E-state index contributed by atoms with van der Waals surface area (Å²) >= 11 is 0. The van der Waals surface area contributed by atoms with Gasteiger partial charge in [-0.1, -0.05) is 0 Å². The number of rotatable bonds is 8. The molecule has 124 valence electrons. The SMILES string of the molecule is Cc1oc(=O)oc1COC(=O)C(CCC(=O)O)CP(=O)(O)O. The number of hydrogen-bond donors (Lipinski definition) is 3. The lowest BCUT2D eigenvalue weighted by Crippen LogP contribution is -2.22. The van der Waals surface area contributed by atoms with Gasteiger partial charge in [-0.15, -0.1) is 0 Å². The summed E-state index contributed by atoms with van der Waals surface area (Å²) in [7, 11) is -4.52. The first-order valence-electron chi connectivity index (χ1n) is 6.11. The van der Waals surface area contributed by atoms with Crippen molar-refractivity contribution in [3.8, 4) is 0 Å². The van der Waals surface area contributed by atoms with Crippen molar-refractivity contribution in [3.63, 3.8) is 0 Å². The first-order chi connectivity index (χ1) is 10.1. The molecule has 1 aromatic rings. The predicted octanol–water partition coefficient (Wildman–Crippen LogP) is 0.243. The molecule has 0 spiro atoms. The normalized spacial score (nSPS) is 12.9. The summed E-state index contributed by atoms with van der Waals surface area (Å²) in [4.78, 5) is 51.0. The van der Waals surface area contributed by atoms with Gasteiger partial charge in [0.25, 0.3) is 0 Å². The lowest BCUT2D eigenvalue weighted by Gasteiger charge is -2.15. The fourth-order valence-corrected chi connectivity index (χ4v) is 2.54. The van der Waals surface area contributed by atoms with Crippen molar-refractivity contribution in [2.24, 2.45) is 5.92 Å². The molecule has 1 heterocycles. The zero-order valence-corrected chi connectivity index (χ0v) is 12.4. The topological polar surface area (TPSA) is 164 Å². The van der Waals surface area contributed by atoms with Crippen molar-refractivity contribution in [1.29, 1.82) is 0 Å². The highest BCUT2D eigenvalue weighted by Gasteiger charge is 2.29. The van der Waals surface area contributed by atoms with Gasteiger partial charge in [0.2, 0.25) is 0 Å². The molecule has 0 aliphatic rings. The fourth-order valence-electron chi connectivity index (χ4n) is 1.63. The third-order valence-corrected chi connectivity index (χ3v) is 3.60. The Morgan fingerprint density at radius 3 is 2.41 bits per heavy atom. The quantitative estimate of drug-likeness (QED) is 0.441. The molecule has 1 aromatic heterocycles. The number of carbonyl (C=O) groups is 2. The molecule has 10 nitrogen and oxygen atoms in total. The number of carboxylic acid groups (broad SMARTS) is 1. The van der Waals surface area contributed by atoms with E-state index in [4.69, 9.17) is 19.6 Å². The van der Waals surface area contributed by atoms with Crippen LogP contribution in [-0.4, -0.2) is 33.0 Å². The van der Waals surface area contributed by atoms with E-state index in [-0.39, 0.29) is 17.9 Å². The molecule has 1 rings (SSSR count). The standard InChI is InChI=1S/C11H15O10P/c1-6-8(21-11(15)20-6)4-19-10(14)7(2-3-9(12)13)5-22(16,17)18/h7H,2-5H2,1H3,(H,12,13)(H2,16,17,18). The highest BCUT2D eigenvalue weighted by atomic mass is 31.2. The van der Waals surface area contributed by atoms with Crippen LogP contribution in [0.2, 0.25) is 0 Å². The number of carbonyl (C=O) groups excluding carboxylic acids is 1. The maximum Gasteiger partial charge on any atom is 0.519 e. The average Bonchev–Trinajstić information content (AvgIpc) is 2.68. The van der Waals surface area contributed by atoms with Crippen LogP contribution in [0.15, 0.2) is 13.6 Å². The van der Waals surface area contributed by atoms with Crippen molar-refractivity contribution < 1.29 is 42.6 Å². The summed E-state index contributed by atoms with van der Waals surface area (Å²) < 4.78 is 24.9. The highest BCUT2D eigenvalue weighted by molar-refractivity contribution is 7.51. The fraction of sp³-hybridized carbons (Fsp3) is 0.545. The van der Waals surface area contributed by atoms with E-state index < -0.39 is 50.5 Å². The summed E-state index contributed by atoms with van der Waals surface area (Å²) in [5, 5.41) is 8.58. The van der Waals surface area contributed by atoms with Gasteiger partial charge in [-0.25, -0.2) is 4.79 Å². The Morgan fingerprint density at radius 1 is 1.32 bits per heavy atom. The molecule has 0 saturated carbocycles. The van der Waals surface area contributed by atoms with Gasteiger partial charge in [0.05, 0.1) is 12.1 Å². The molecule has 0 aliphatic carbocycles. The number of carboxylic acids is 1. The summed E-state index contributed by atoms with van der Waals surface area (Å²) in [6.45, 7) is 0.951. The van der Waals surface area contributed by atoms with Crippen molar-refractivity contribution >= 4 is 19.5 Å². The van der Waals surface area contributed by atoms with Gasteiger partial charge in [0.15, 0.2) is 18.1 Å². The third kappa shape index (κ3) is 6.25. The Morgan fingerprint density at radius 2 is 1.95 bits per heavy atom. The van der Waals surface area contributed by atoms with Crippen LogP contribution >= 0.6 is 7.60 Å². The van der Waals surface area contributed by atoms with E-state index >= 15 is 0 Å². The predicted molar refractivity (Wildman–Crippen MR) is 69.0 cm³/mol. The van der Waals surface area contributed by atoms with Gasteiger partial charge < -0.3 is 28.5 Å². The lowest BCUT2D eigenvalue weighted by molar-refractivity contribution is -0.150. The first kappa shape index (κ1) is 18.1. The van der Waals surface area contributed by atoms with E-state index in [1.165, 1.54) is 6.92 Å². The minimum Gasteiger partial charge on any atom is -0.481 e. The maximum atomic E-state index is 11.8. The molecule has 0 aliphatic heterocycles. The van der Waals surface area contributed by atoms with Crippen molar-refractivity contribution in [3.05, 3.63) is 22.1 Å². The Bertz CT molecular complexity index is 636. The molecule has 1 atom stereocenters. The number of aliphatic carboxylic acids is 1. The molecule has 0 aromatic carbocycles. The van der Waals surface area contributed by atoms with Crippen molar-refractivity contribution in [2.75, 3.05) is 6.16 Å². The van der Waals surface area contributed by atoms with E-state index in [1.54, 1.807) is 0 Å². The van der Waals surface area contributed by atoms with Crippen LogP contribution in [0, 0.1) is 12.8 Å². The average molecular weight is 338 g/mol. The molecular weight excluding hydrogens is 323 g/mol. The molecule has 0 bridgehead atoms. The summed E-state index contributed by atoms with van der Waals surface area (Å²) in [5.41, 5.74) is 0. The number of esters is 1. The Balaban J connectivity index is 2.69. The molecular formula is C11H15O10P. The number of hydrogen-bond acceptors (Lipinski definition) is 7.